The largest absolute Gasteiger partial charge is 0.466 e. The van der Waals surface area contributed by atoms with Crippen LogP contribution in [0.25, 0.3) is 0 Å². The van der Waals surface area contributed by atoms with Gasteiger partial charge in [0.1, 0.15) is 0 Å². The maximum atomic E-state index is 12.5. The Labute approximate surface area is 406 Å². The highest BCUT2D eigenvalue weighted by atomic mass is 16.5. The second-order valence-electron chi connectivity index (χ2n) is 20.7. The van der Waals surface area contributed by atoms with Gasteiger partial charge in [0, 0.05) is 12.8 Å². The van der Waals surface area contributed by atoms with Crippen LogP contribution in [-0.2, 0) is 14.3 Å². The molecule has 0 aliphatic rings. The van der Waals surface area contributed by atoms with Crippen LogP contribution in [0.5, 0.6) is 0 Å². The van der Waals surface area contributed by atoms with Crippen LogP contribution in [0.15, 0.2) is 0 Å². The van der Waals surface area contributed by atoms with Gasteiger partial charge in [-0.2, -0.15) is 0 Å². The third-order valence-corrected chi connectivity index (χ3v) is 14.2. The van der Waals surface area contributed by atoms with Crippen LogP contribution in [0.4, 0.5) is 0 Å². The van der Waals surface area contributed by atoms with Gasteiger partial charge in [-0.05, 0) is 25.7 Å². The Morgan fingerprint density at radius 1 is 0.369 bits per heavy atom. The van der Waals surface area contributed by atoms with Crippen molar-refractivity contribution in [3.05, 3.63) is 0 Å². The average Bonchev–Trinajstić information content (AvgIpc) is 3.31. The number of ether oxygens (including phenoxy) is 1. The standard InChI is InChI=1S/C59H117NO5/c1-3-5-7-9-11-13-15-17-19-21-22-24-29-33-37-41-45-49-53-59(64)65-54-50-46-42-38-34-30-26-25-28-32-36-40-44-48-52-58(63)60-56(55-61)57(62)51-47-43-39-35-31-27-23-20-18-16-14-12-10-8-6-4-2/h56-57,61-62H,3-55H2,1-2H3,(H,60,63). The maximum absolute atomic E-state index is 12.5. The molecule has 0 bridgehead atoms. The summed E-state index contributed by atoms with van der Waals surface area (Å²) in [6.45, 7) is 4.96. The number of hydrogen-bond acceptors (Lipinski definition) is 5. The van der Waals surface area contributed by atoms with E-state index in [2.05, 4.69) is 19.2 Å². The van der Waals surface area contributed by atoms with E-state index in [1.165, 1.54) is 257 Å². The van der Waals surface area contributed by atoms with Crippen LogP contribution in [0.3, 0.4) is 0 Å². The average molecular weight is 921 g/mol. The van der Waals surface area contributed by atoms with E-state index in [0.29, 0.717) is 25.9 Å². The van der Waals surface area contributed by atoms with E-state index < -0.39 is 12.1 Å². The molecule has 0 aliphatic carbocycles. The molecule has 6 heteroatoms. The molecule has 0 fully saturated rings. The van der Waals surface area contributed by atoms with Crippen molar-refractivity contribution in [3.8, 4) is 0 Å². The zero-order chi connectivity index (χ0) is 47.2. The predicted octanol–water partition coefficient (Wildman–Crippen LogP) is 18.3. The summed E-state index contributed by atoms with van der Waals surface area (Å²) < 4.78 is 5.49. The fourth-order valence-corrected chi connectivity index (χ4v) is 9.58. The van der Waals surface area contributed by atoms with Crippen LogP contribution in [0, 0.1) is 0 Å². The maximum Gasteiger partial charge on any atom is 0.305 e. The molecule has 2 atom stereocenters. The molecule has 0 aromatic rings. The van der Waals surface area contributed by atoms with Gasteiger partial charge in [0.15, 0.2) is 0 Å². The number of unbranched alkanes of at least 4 members (excludes halogenated alkanes) is 45. The number of esters is 1. The van der Waals surface area contributed by atoms with E-state index in [1.807, 2.05) is 0 Å². The highest BCUT2D eigenvalue weighted by Crippen LogP contribution is 2.18. The van der Waals surface area contributed by atoms with E-state index in [-0.39, 0.29) is 18.5 Å². The normalized spacial score (nSPS) is 12.5. The first-order valence-corrected chi connectivity index (χ1v) is 29.8. The zero-order valence-corrected chi connectivity index (χ0v) is 44.3. The molecule has 388 valence electrons. The Morgan fingerprint density at radius 3 is 0.938 bits per heavy atom. The Hall–Kier alpha value is -1.14. The summed E-state index contributed by atoms with van der Waals surface area (Å²) in [5, 5.41) is 23.3. The van der Waals surface area contributed by atoms with Gasteiger partial charge in [-0.25, -0.2) is 0 Å². The van der Waals surface area contributed by atoms with Crippen molar-refractivity contribution in [2.45, 2.75) is 353 Å². The number of hydrogen-bond donors (Lipinski definition) is 3. The number of aliphatic hydroxyl groups is 2. The SMILES string of the molecule is CCCCCCCCCCCCCCCCCCCCC(=O)OCCCCCCCCCCCCCCCCC(=O)NC(CO)C(O)CCCCCCCCCCCCCCCCCC. The van der Waals surface area contributed by atoms with E-state index in [1.54, 1.807) is 0 Å². The smallest absolute Gasteiger partial charge is 0.305 e. The molecule has 0 aliphatic heterocycles. The van der Waals surface area contributed by atoms with Crippen LogP contribution < -0.4 is 5.32 Å². The molecule has 0 heterocycles. The van der Waals surface area contributed by atoms with E-state index in [4.69, 9.17) is 4.74 Å². The van der Waals surface area contributed by atoms with Gasteiger partial charge >= 0.3 is 5.97 Å². The van der Waals surface area contributed by atoms with E-state index in [9.17, 15) is 19.8 Å². The second-order valence-corrected chi connectivity index (χ2v) is 20.7. The number of nitrogens with one attached hydrogen (secondary N) is 1. The van der Waals surface area contributed by atoms with Crippen molar-refractivity contribution in [3.63, 3.8) is 0 Å². The van der Waals surface area contributed by atoms with Crippen LogP contribution in [0.1, 0.15) is 341 Å². The molecule has 0 aromatic heterocycles. The first-order chi connectivity index (χ1) is 32.0. The summed E-state index contributed by atoms with van der Waals surface area (Å²) in [4.78, 5) is 24.6. The molecule has 0 radical (unpaired) electrons. The van der Waals surface area contributed by atoms with Gasteiger partial charge in [0.25, 0.3) is 0 Å². The highest BCUT2D eigenvalue weighted by Gasteiger charge is 2.20. The van der Waals surface area contributed by atoms with E-state index in [0.717, 1.165) is 51.4 Å². The van der Waals surface area contributed by atoms with Gasteiger partial charge < -0.3 is 20.3 Å². The minimum absolute atomic E-state index is 0.00339. The number of aliphatic hydroxyl groups excluding tert-OH is 2. The molecule has 6 nitrogen and oxygen atoms in total. The van der Waals surface area contributed by atoms with Gasteiger partial charge in [0.05, 0.1) is 25.4 Å². The lowest BCUT2D eigenvalue weighted by molar-refractivity contribution is -0.143. The summed E-state index contributed by atoms with van der Waals surface area (Å²) in [6, 6.07) is -0.548. The lowest BCUT2D eigenvalue weighted by Gasteiger charge is -2.22. The summed E-state index contributed by atoms with van der Waals surface area (Å²) in [7, 11) is 0. The molecule has 1 amide bonds. The monoisotopic (exact) mass is 920 g/mol. The highest BCUT2D eigenvalue weighted by molar-refractivity contribution is 5.76. The number of carbonyl (C=O) groups excluding carboxylic acids is 2. The van der Waals surface area contributed by atoms with Gasteiger partial charge in [-0.15, -0.1) is 0 Å². The fourth-order valence-electron chi connectivity index (χ4n) is 9.58. The molecule has 3 N–H and O–H groups in total. The summed E-state index contributed by atoms with van der Waals surface area (Å²) in [5.74, 6) is -0.0386. The molecule has 0 aromatic carbocycles. The quantitative estimate of drug-likeness (QED) is 0.0417. The molecule has 2 unspecified atom stereocenters. The third kappa shape index (κ3) is 52.1. The Morgan fingerprint density at radius 2 is 0.631 bits per heavy atom. The lowest BCUT2D eigenvalue weighted by atomic mass is 10.0. The lowest BCUT2D eigenvalue weighted by Crippen LogP contribution is -2.45. The molecule has 65 heavy (non-hydrogen) atoms. The molecule has 0 saturated heterocycles. The van der Waals surface area contributed by atoms with Crippen molar-refractivity contribution in [1.29, 1.82) is 0 Å². The third-order valence-electron chi connectivity index (χ3n) is 14.2. The van der Waals surface area contributed by atoms with Crippen LogP contribution in [-0.4, -0.2) is 47.4 Å². The Balaban J connectivity index is 3.40. The van der Waals surface area contributed by atoms with Gasteiger partial charge in [-0.1, -0.05) is 303 Å². The number of carbonyl (C=O) groups is 2. The first kappa shape index (κ1) is 63.9. The zero-order valence-electron chi connectivity index (χ0n) is 44.3. The molecule has 0 saturated carbocycles. The molecular formula is C59H117NO5. The minimum atomic E-state index is -0.670. The van der Waals surface area contributed by atoms with Gasteiger partial charge in [0.2, 0.25) is 5.91 Å². The van der Waals surface area contributed by atoms with Crippen molar-refractivity contribution < 1.29 is 24.5 Å². The first-order valence-electron chi connectivity index (χ1n) is 29.8. The topological polar surface area (TPSA) is 95.9 Å². The van der Waals surface area contributed by atoms with Gasteiger partial charge in [-0.3, -0.25) is 9.59 Å². The van der Waals surface area contributed by atoms with Crippen LogP contribution in [0.2, 0.25) is 0 Å². The van der Waals surface area contributed by atoms with Crippen molar-refractivity contribution in [2.75, 3.05) is 13.2 Å². The summed E-state index contributed by atoms with van der Waals surface area (Å²) in [5.41, 5.74) is 0. The Bertz CT molecular complexity index is 928. The summed E-state index contributed by atoms with van der Waals surface area (Å²) >= 11 is 0. The van der Waals surface area contributed by atoms with Crippen molar-refractivity contribution >= 4 is 11.9 Å². The van der Waals surface area contributed by atoms with Crippen molar-refractivity contribution in [1.82, 2.24) is 5.32 Å². The number of amides is 1. The van der Waals surface area contributed by atoms with Crippen LogP contribution >= 0.6 is 0 Å². The fraction of sp³-hybridized carbons (Fsp3) is 0.966. The van der Waals surface area contributed by atoms with Crippen molar-refractivity contribution in [2.24, 2.45) is 0 Å². The number of rotatable bonds is 56. The predicted molar refractivity (Wildman–Crippen MR) is 283 cm³/mol. The molecule has 0 rings (SSSR count). The minimum Gasteiger partial charge on any atom is -0.466 e. The van der Waals surface area contributed by atoms with E-state index >= 15 is 0 Å². The second kappa shape index (κ2) is 55.5. The molecular weight excluding hydrogens is 803 g/mol. The Kier molecular flexibility index (Phi) is 54.5. The summed E-state index contributed by atoms with van der Waals surface area (Å²) in [6.07, 6.45) is 63.8. The molecule has 0 spiro atoms.